The molecule has 1 atom stereocenters. The number of imide groups is 1. The molecule has 3 amide bonds. The Bertz CT molecular complexity index is 1680. The average Bonchev–Trinajstić information content (AvgIpc) is 3.72. The smallest absolute Gasteiger partial charge is 0.338 e. The van der Waals surface area contributed by atoms with E-state index < -0.39 is 18.6 Å². The van der Waals surface area contributed by atoms with Gasteiger partial charge in [0.15, 0.2) is 18.2 Å². The van der Waals surface area contributed by atoms with Gasteiger partial charge < -0.3 is 14.1 Å². The molecule has 2 aliphatic heterocycles. The van der Waals surface area contributed by atoms with Gasteiger partial charge in [-0.1, -0.05) is 54.6 Å². The van der Waals surface area contributed by atoms with E-state index in [1.165, 1.54) is 30.5 Å². The van der Waals surface area contributed by atoms with Gasteiger partial charge in [0.05, 0.1) is 30.0 Å². The maximum atomic E-state index is 13.3. The molecule has 222 valence electrons. The van der Waals surface area contributed by atoms with Crippen LogP contribution in [-0.2, 0) is 14.3 Å². The van der Waals surface area contributed by atoms with Crippen LogP contribution in [-0.4, -0.2) is 78.1 Å². The van der Waals surface area contributed by atoms with Gasteiger partial charge in [-0.15, -0.1) is 0 Å². The Morgan fingerprint density at radius 2 is 1.41 bits per heavy atom. The highest BCUT2D eigenvalue weighted by molar-refractivity contribution is 6.22. The van der Waals surface area contributed by atoms with Crippen molar-refractivity contribution in [2.45, 2.75) is 12.5 Å². The van der Waals surface area contributed by atoms with Crippen LogP contribution in [0.4, 0.5) is 5.69 Å². The molecule has 10 nitrogen and oxygen atoms in total. The van der Waals surface area contributed by atoms with Gasteiger partial charge in [0.2, 0.25) is 5.91 Å². The number of carbonyl (C=O) groups is 5. The summed E-state index contributed by atoms with van der Waals surface area (Å²) in [4.78, 5) is 68.7. The zero-order valence-electron chi connectivity index (χ0n) is 23.8. The number of benzene rings is 3. The average molecular weight is 592 g/mol. The van der Waals surface area contributed by atoms with Crippen LogP contribution in [0.15, 0.2) is 102 Å². The molecule has 4 aromatic rings. The minimum absolute atomic E-state index is 0.0309. The lowest BCUT2D eigenvalue weighted by atomic mass is 10.0. The number of hydrogen-bond donors (Lipinski definition) is 0. The number of anilines is 1. The van der Waals surface area contributed by atoms with Crippen LogP contribution in [0.1, 0.15) is 37.7 Å². The monoisotopic (exact) mass is 591 g/mol. The van der Waals surface area contributed by atoms with E-state index in [1.54, 1.807) is 29.2 Å². The fourth-order valence-corrected chi connectivity index (χ4v) is 5.49. The second kappa shape index (κ2) is 12.5. The Morgan fingerprint density at radius 3 is 2.07 bits per heavy atom. The summed E-state index contributed by atoms with van der Waals surface area (Å²) in [6, 6.07) is 25.5. The Balaban J connectivity index is 1.02. The number of rotatable bonds is 8. The molecule has 0 saturated carbocycles. The van der Waals surface area contributed by atoms with Crippen LogP contribution in [0.3, 0.4) is 0 Å². The van der Waals surface area contributed by atoms with Crippen molar-refractivity contribution in [3.63, 3.8) is 0 Å². The zero-order chi connectivity index (χ0) is 30.6. The number of nitrogens with zero attached hydrogens (tertiary/aromatic N) is 3. The van der Waals surface area contributed by atoms with E-state index in [-0.39, 0.29) is 41.2 Å². The van der Waals surface area contributed by atoms with Crippen molar-refractivity contribution in [2.75, 3.05) is 37.7 Å². The molecule has 0 radical (unpaired) electrons. The van der Waals surface area contributed by atoms with Gasteiger partial charge >= 0.3 is 5.97 Å². The number of ketones is 1. The van der Waals surface area contributed by atoms with Crippen molar-refractivity contribution in [3.8, 4) is 11.1 Å². The van der Waals surface area contributed by atoms with Gasteiger partial charge in [-0.05, 0) is 47.5 Å². The van der Waals surface area contributed by atoms with E-state index in [0.717, 1.165) is 16.0 Å². The summed E-state index contributed by atoms with van der Waals surface area (Å²) in [7, 11) is 0. The zero-order valence-corrected chi connectivity index (χ0v) is 23.8. The second-order valence-corrected chi connectivity index (χ2v) is 10.6. The van der Waals surface area contributed by atoms with Crippen LogP contribution in [0, 0.1) is 0 Å². The Morgan fingerprint density at radius 1 is 0.750 bits per heavy atom. The Kier molecular flexibility index (Phi) is 8.16. The van der Waals surface area contributed by atoms with Crippen molar-refractivity contribution in [2.24, 2.45) is 0 Å². The third kappa shape index (κ3) is 5.93. The van der Waals surface area contributed by atoms with Crippen molar-refractivity contribution in [3.05, 3.63) is 114 Å². The predicted molar refractivity (Wildman–Crippen MR) is 160 cm³/mol. The number of ether oxygens (including phenoxy) is 1. The molecule has 2 saturated heterocycles. The molecule has 1 aromatic heterocycles. The largest absolute Gasteiger partial charge is 0.459 e. The lowest BCUT2D eigenvalue weighted by Crippen LogP contribution is -2.53. The molecule has 2 aliphatic rings. The number of esters is 1. The lowest BCUT2D eigenvalue weighted by Gasteiger charge is -2.36. The van der Waals surface area contributed by atoms with Crippen molar-refractivity contribution in [1.29, 1.82) is 0 Å². The maximum absolute atomic E-state index is 13.3. The molecule has 44 heavy (non-hydrogen) atoms. The molecule has 2 fully saturated rings. The molecule has 0 N–H and O–H groups in total. The number of hydrogen-bond acceptors (Lipinski definition) is 8. The quantitative estimate of drug-likeness (QED) is 0.171. The van der Waals surface area contributed by atoms with Crippen LogP contribution >= 0.6 is 0 Å². The SMILES string of the molecule is O=C(COC(=O)c1ccc(N2C(=O)CC(N3CCN(C(=O)c4ccco4)CC3)C2=O)cc1)c1ccc(-c2ccccc2)cc1. The van der Waals surface area contributed by atoms with Gasteiger partial charge in [0, 0.05) is 31.7 Å². The summed E-state index contributed by atoms with van der Waals surface area (Å²) in [5.41, 5.74) is 2.97. The van der Waals surface area contributed by atoms with Crippen LogP contribution in [0.2, 0.25) is 0 Å². The number of Topliss-reactive ketones (excluding diaryl/α,β-unsaturated/α-hetero) is 1. The highest BCUT2D eigenvalue weighted by atomic mass is 16.5. The van der Waals surface area contributed by atoms with E-state index in [2.05, 4.69) is 0 Å². The van der Waals surface area contributed by atoms with Gasteiger partial charge in [-0.25, -0.2) is 9.69 Å². The first-order valence-electron chi connectivity index (χ1n) is 14.3. The summed E-state index contributed by atoms with van der Waals surface area (Å²) in [5.74, 6) is -1.65. The highest BCUT2D eigenvalue weighted by Crippen LogP contribution is 2.27. The maximum Gasteiger partial charge on any atom is 0.338 e. The molecule has 0 bridgehead atoms. The van der Waals surface area contributed by atoms with Gasteiger partial charge in [-0.3, -0.25) is 24.1 Å². The van der Waals surface area contributed by atoms with Gasteiger partial charge in [0.1, 0.15) is 0 Å². The first-order valence-corrected chi connectivity index (χ1v) is 14.3. The third-order valence-corrected chi connectivity index (χ3v) is 7.91. The minimum Gasteiger partial charge on any atom is -0.459 e. The van der Waals surface area contributed by atoms with Crippen molar-refractivity contribution < 1.29 is 33.1 Å². The summed E-state index contributed by atoms with van der Waals surface area (Å²) in [5, 5.41) is 0. The highest BCUT2D eigenvalue weighted by Gasteiger charge is 2.43. The molecule has 10 heteroatoms. The van der Waals surface area contributed by atoms with Crippen LogP contribution in [0.5, 0.6) is 0 Å². The third-order valence-electron chi connectivity index (χ3n) is 7.91. The van der Waals surface area contributed by atoms with Crippen molar-refractivity contribution >= 4 is 35.2 Å². The van der Waals surface area contributed by atoms with Gasteiger partial charge in [-0.2, -0.15) is 0 Å². The van der Waals surface area contributed by atoms with Crippen LogP contribution in [0.25, 0.3) is 11.1 Å². The van der Waals surface area contributed by atoms with E-state index in [1.807, 2.05) is 47.4 Å². The molecular weight excluding hydrogens is 562 g/mol. The molecule has 1 unspecified atom stereocenters. The summed E-state index contributed by atoms with van der Waals surface area (Å²) >= 11 is 0. The summed E-state index contributed by atoms with van der Waals surface area (Å²) in [6.07, 6.45) is 1.48. The van der Waals surface area contributed by atoms with E-state index >= 15 is 0 Å². The van der Waals surface area contributed by atoms with E-state index in [9.17, 15) is 24.0 Å². The second-order valence-electron chi connectivity index (χ2n) is 10.6. The summed E-state index contributed by atoms with van der Waals surface area (Å²) < 4.78 is 10.4. The Hall–Kier alpha value is -5.35. The fraction of sp³-hybridized carbons (Fsp3) is 0.206. The number of piperazine rings is 1. The topological polar surface area (TPSA) is 117 Å². The van der Waals surface area contributed by atoms with E-state index in [0.29, 0.717) is 37.4 Å². The summed E-state index contributed by atoms with van der Waals surface area (Å²) in [6.45, 7) is 1.30. The molecule has 0 aliphatic carbocycles. The Labute approximate surface area is 253 Å². The number of furan rings is 1. The molecule has 0 spiro atoms. The predicted octanol–water partition coefficient (Wildman–Crippen LogP) is 4.08. The first kappa shape index (κ1) is 28.8. The lowest BCUT2D eigenvalue weighted by molar-refractivity contribution is -0.123. The normalized spacial score (nSPS) is 17.1. The van der Waals surface area contributed by atoms with Crippen molar-refractivity contribution in [1.82, 2.24) is 9.80 Å². The number of amides is 3. The van der Waals surface area contributed by atoms with E-state index in [4.69, 9.17) is 9.15 Å². The number of carbonyl (C=O) groups excluding carboxylic acids is 5. The first-order chi connectivity index (χ1) is 21.4. The van der Waals surface area contributed by atoms with Gasteiger partial charge in [0.25, 0.3) is 11.8 Å². The standard InChI is InChI=1S/C34H29N3O7/c38-29(25-10-8-24(9-11-25)23-5-2-1-3-6-23)22-44-34(42)26-12-14-27(15-13-26)37-31(39)21-28(32(37)40)35-16-18-36(19-17-35)33(41)30-7-4-20-43-30/h1-15,20,28H,16-19,21-22H2. The molecule has 6 rings (SSSR count). The molecule has 3 aromatic carbocycles. The minimum atomic E-state index is -0.690. The molecular formula is C34H29N3O7. The van der Waals surface area contributed by atoms with Crippen LogP contribution < -0.4 is 4.90 Å². The fourth-order valence-electron chi connectivity index (χ4n) is 5.49. The molecule has 3 heterocycles.